The summed E-state index contributed by atoms with van der Waals surface area (Å²) < 4.78 is 7.42. The summed E-state index contributed by atoms with van der Waals surface area (Å²) in [6.45, 7) is 12.9. The maximum absolute atomic E-state index is 12.0. The number of carbonyl (C=O) groups excluding carboxylic acids is 2. The van der Waals surface area contributed by atoms with Crippen molar-refractivity contribution in [3.05, 3.63) is 17.5 Å². The molecule has 0 bridgehead atoms. The molecule has 140 valence electrons. The van der Waals surface area contributed by atoms with Crippen molar-refractivity contribution in [2.45, 2.75) is 78.4 Å². The third-order valence-corrected chi connectivity index (χ3v) is 4.40. The molecule has 1 unspecified atom stereocenters. The van der Waals surface area contributed by atoms with Crippen molar-refractivity contribution in [1.29, 1.82) is 0 Å². The van der Waals surface area contributed by atoms with Gasteiger partial charge in [-0.15, -0.1) is 0 Å². The number of aromatic nitrogens is 2. The molecule has 0 N–H and O–H groups in total. The number of hydrogen-bond donors (Lipinski definition) is 0. The van der Waals surface area contributed by atoms with Crippen molar-refractivity contribution in [1.82, 2.24) is 14.7 Å². The predicted octanol–water partition coefficient (Wildman–Crippen LogP) is 3.85. The van der Waals surface area contributed by atoms with E-state index in [1.54, 1.807) is 4.90 Å². The molecule has 1 amide bonds. The van der Waals surface area contributed by atoms with Crippen LogP contribution in [-0.4, -0.2) is 45.2 Å². The van der Waals surface area contributed by atoms with Crippen molar-refractivity contribution < 1.29 is 14.3 Å². The molecule has 0 radical (unpaired) electrons. The van der Waals surface area contributed by atoms with Crippen LogP contribution in [0.15, 0.2) is 6.07 Å². The summed E-state index contributed by atoms with van der Waals surface area (Å²) in [5, 5.41) is 4.59. The second kappa shape index (κ2) is 7.58. The van der Waals surface area contributed by atoms with Gasteiger partial charge in [0.2, 0.25) is 0 Å². The summed E-state index contributed by atoms with van der Waals surface area (Å²) in [6.07, 6.45) is 1.84. The standard InChI is InChI=1S/C17H25N3O3.C2H6/c1-11-7-15(20(18-11)13-5-6-14(21)8-13)12-9-19(10-12)16(22)23-17(2,3)4;1-2/h7,12-13H,5-6,8-10H2,1-4H3;1-2H3. The first kappa shape index (κ1) is 19.5. The van der Waals surface area contributed by atoms with Crippen molar-refractivity contribution in [2.24, 2.45) is 0 Å². The van der Waals surface area contributed by atoms with E-state index in [0.717, 1.165) is 17.8 Å². The van der Waals surface area contributed by atoms with E-state index in [4.69, 9.17) is 4.74 Å². The Morgan fingerprint density at radius 1 is 1.28 bits per heavy atom. The van der Waals surface area contributed by atoms with E-state index >= 15 is 0 Å². The zero-order valence-corrected chi connectivity index (χ0v) is 16.3. The molecule has 1 saturated heterocycles. The number of rotatable bonds is 2. The van der Waals surface area contributed by atoms with Crippen molar-refractivity contribution in [3.8, 4) is 0 Å². The summed E-state index contributed by atoms with van der Waals surface area (Å²) in [6, 6.07) is 2.27. The van der Waals surface area contributed by atoms with Crippen LogP contribution in [0.25, 0.3) is 0 Å². The first-order valence-electron chi connectivity index (χ1n) is 9.28. The first-order valence-corrected chi connectivity index (χ1v) is 9.28. The van der Waals surface area contributed by atoms with Crippen LogP contribution in [0.5, 0.6) is 0 Å². The third kappa shape index (κ3) is 4.61. The lowest BCUT2D eigenvalue weighted by molar-refractivity contribution is -0.117. The van der Waals surface area contributed by atoms with Gasteiger partial charge in [0.15, 0.2) is 0 Å². The van der Waals surface area contributed by atoms with Gasteiger partial charge in [-0.2, -0.15) is 5.10 Å². The third-order valence-electron chi connectivity index (χ3n) is 4.40. The van der Waals surface area contributed by atoms with Gasteiger partial charge in [-0.25, -0.2) is 4.79 Å². The fourth-order valence-corrected chi connectivity index (χ4v) is 3.28. The van der Waals surface area contributed by atoms with Crippen molar-refractivity contribution in [2.75, 3.05) is 13.1 Å². The van der Waals surface area contributed by atoms with Crippen molar-refractivity contribution in [3.63, 3.8) is 0 Å². The zero-order valence-electron chi connectivity index (χ0n) is 16.3. The number of likely N-dealkylation sites (tertiary alicyclic amines) is 1. The molecule has 3 rings (SSSR count). The molecule has 2 fully saturated rings. The molecule has 1 aliphatic carbocycles. The summed E-state index contributed by atoms with van der Waals surface area (Å²) in [5.41, 5.74) is 1.64. The molecule has 1 aromatic heterocycles. The largest absolute Gasteiger partial charge is 0.444 e. The van der Waals surface area contributed by atoms with E-state index < -0.39 is 5.60 Å². The number of hydrogen-bond acceptors (Lipinski definition) is 4. The van der Waals surface area contributed by atoms with E-state index in [2.05, 4.69) is 11.2 Å². The number of ether oxygens (including phenoxy) is 1. The molecule has 2 aliphatic rings. The van der Waals surface area contributed by atoms with Crippen LogP contribution >= 0.6 is 0 Å². The van der Waals surface area contributed by atoms with Gasteiger partial charge in [-0.05, 0) is 40.2 Å². The zero-order chi connectivity index (χ0) is 18.8. The van der Waals surface area contributed by atoms with Crippen LogP contribution in [0.2, 0.25) is 0 Å². The fourth-order valence-electron chi connectivity index (χ4n) is 3.28. The van der Waals surface area contributed by atoms with Gasteiger partial charge in [0, 0.05) is 37.5 Å². The fraction of sp³-hybridized carbons (Fsp3) is 0.737. The van der Waals surface area contributed by atoms with Gasteiger partial charge in [0.25, 0.3) is 0 Å². The van der Waals surface area contributed by atoms with Gasteiger partial charge in [0.05, 0.1) is 11.7 Å². The Morgan fingerprint density at radius 3 is 2.44 bits per heavy atom. The van der Waals surface area contributed by atoms with E-state index in [9.17, 15) is 9.59 Å². The Kier molecular flexibility index (Phi) is 5.91. The summed E-state index contributed by atoms with van der Waals surface area (Å²) in [4.78, 5) is 25.3. The second-order valence-corrected chi connectivity index (χ2v) is 7.67. The minimum atomic E-state index is -0.468. The lowest BCUT2D eigenvalue weighted by Crippen LogP contribution is -2.50. The molecular weight excluding hydrogens is 318 g/mol. The number of nitrogens with zero attached hydrogens (tertiary/aromatic N) is 3. The highest BCUT2D eigenvalue weighted by Crippen LogP contribution is 2.34. The SMILES string of the molecule is CC.Cc1cc(C2CN(C(=O)OC(C)(C)C)C2)n(C2CCC(=O)C2)n1. The first-order chi connectivity index (χ1) is 11.7. The van der Waals surface area contributed by atoms with E-state index in [0.29, 0.717) is 31.7 Å². The van der Waals surface area contributed by atoms with Crippen LogP contribution in [0.3, 0.4) is 0 Å². The molecule has 1 atom stereocenters. The number of Topliss-reactive ketones (excluding diaryl/α,β-unsaturated/α-hetero) is 1. The number of amides is 1. The maximum atomic E-state index is 12.0. The number of carbonyl (C=O) groups is 2. The van der Waals surface area contributed by atoms with Crippen LogP contribution in [-0.2, 0) is 9.53 Å². The molecular formula is C19H31N3O3. The van der Waals surface area contributed by atoms with Gasteiger partial charge in [0.1, 0.15) is 11.4 Å². The molecule has 2 heterocycles. The van der Waals surface area contributed by atoms with Crippen molar-refractivity contribution >= 4 is 11.9 Å². The molecule has 1 aromatic rings. The lowest BCUT2D eigenvalue weighted by Gasteiger charge is -2.40. The normalized spacial score (nSPS) is 20.8. The van der Waals surface area contributed by atoms with Crippen LogP contribution in [0, 0.1) is 6.92 Å². The molecule has 1 aliphatic heterocycles. The van der Waals surface area contributed by atoms with Gasteiger partial charge in [-0.1, -0.05) is 13.8 Å². The Bertz CT molecular complexity index is 624. The highest BCUT2D eigenvalue weighted by atomic mass is 16.6. The minimum Gasteiger partial charge on any atom is -0.444 e. The average Bonchev–Trinajstić information content (AvgIpc) is 3.04. The summed E-state index contributed by atoms with van der Waals surface area (Å²) in [5.74, 6) is 0.595. The molecule has 0 aromatic carbocycles. The van der Waals surface area contributed by atoms with E-state index in [1.807, 2.05) is 46.2 Å². The lowest BCUT2D eigenvalue weighted by atomic mass is 9.96. The minimum absolute atomic E-state index is 0.182. The predicted molar refractivity (Wildman–Crippen MR) is 96.8 cm³/mol. The number of aryl methyl sites for hydroxylation is 1. The Labute approximate surface area is 150 Å². The van der Waals surface area contributed by atoms with Gasteiger partial charge >= 0.3 is 6.09 Å². The molecule has 25 heavy (non-hydrogen) atoms. The molecule has 0 spiro atoms. The Morgan fingerprint density at radius 2 is 1.92 bits per heavy atom. The molecule has 1 saturated carbocycles. The van der Waals surface area contributed by atoms with E-state index in [1.165, 1.54) is 0 Å². The average molecular weight is 349 g/mol. The Hall–Kier alpha value is -1.85. The number of ketones is 1. The van der Waals surface area contributed by atoms with Crippen LogP contribution < -0.4 is 0 Å². The van der Waals surface area contributed by atoms with Crippen LogP contribution in [0.1, 0.15) is 77.2 Å². The summed E-state index contributed by atoms with van der Waals surface area (Å²) >= 11 is 0. The topological polar surface area (TPSA) is 64.4 Å². The smallest absolute Gasteiger partial charge is 0.410 e. The van der Waals surface area contributed by atoms with Crippen LogP contribution in [0.4, 0.5) is 4.79 Å². The second-order valence-electron chi connectivity index (χ2n) is 7.67. The molecule has 6 nitrogen and oxygen atoms in total. The van der Waals surface area contributed by atoms with Gasteiger partial charge in [-0.3, -0.25) is 9.48 Å². The monoisotopic (exact) mass is 349 g/mol. The maximum Gasteiger partial charge on any atom is 0.410 e. The highest BCUT2D eigenvalue weighted by molar-refractivity contribution is 5.80. The molecule has 6 heteroatoms. The van der Waals surface area contributed by atoms with E-state index in [-0.39, 0.29) is 18.1 Å². The highest BCUT2D eigenvalue weighted by Gasteiger charge is 2.38. The van der Waals surface area contributed by atoms with Gasteiger partial charge < -0.3 is 9.64 Å². The summed E-state index contributed by atoms with van der Waals surface area (Å²) in [7, 11) is 0. The quantitative estimate of drug-likeness (QED) is 0.813. The Balaban J connectivity index is 0.00000109.